The van der Waals surface area contributed by atoms with Gasteiger partial charge in [-0.15, -0.1) is 0 Å². The zero-order chi connectivity index (χ0) is 12.3. The van der Waals surface area contributed by atoms with Gasteiger partial charge in [-0.25, -0.2) is 8.42 Å². The summed E-state index contributed by atoms with van der Waals surface area (Å²) >= 11 is 0. The van der Waals surface area contributed by atoms with Crippen molar-refractivity contribution in [1.29, 1.82) is 0 Å². The van der Waals surface area contributed by atoms with E-state index in [0.717, 1.165) is 12.8 Å². The number of hydrogen-bond donors (Lipinski definition) is 1. The number of aliphatic carboxylic acids is 1. The van der Waals surface area contributed by atoms with Crippen molar-refractivity contribution in [3.63, 3.8) is 0 Å². The van der Waals surface area contributed by atoms with Gasteiger partial charge in [0.2, 0.25) is 0 Å². The van der Waals surface area contributed by atoms with E-state index in [4.69, 9.17) is 5.11 Å². The van der Waals surface area contributed by atoms with E-state index in [9.17, 15) is 13.2 Å². The zero-order valence-corrected chi connectivity index (χ0v) is 10.7. The molecule has 0 aromatic carbocycles. The molecule has 1 aliphatic rings. The second-order valence-electron chi connectivity index (χ2n) is 4.84. The molecule has 0 spiro atoms. The number of carboxylic acid groups (broad SMARTS) is 1. The average molecular weight is 248 g/mol. The molecule has 94 valence electrons. The monoisotopic (exact) mass is 248 g/mol. The van der Waals surface area contributed by atoms with Crippen LogP contribution in [0.25, 0.3) is 0 Å². The van der Waals surface area contributed by atoms with Gasteiger partial charge in [-0.2, -0.15) is 0 Å². The maximum atomic E-state index is 11.6. The fourth-order valence-electron chi connectivity index (χ4n) is 2.26. The number of sulfone groups is 1. The first-order valence-electron chi connectivity index (χ1n) is 5.79. The molecule has 0 aromatic heterocycles. The highest BCUT2D eigenvalue weighted by Crippen LogP contribution is 2.34. The molecule has 1 N–H and O–H groups in total. The molecule has 5 heteroatoms. The van der Waals surface area contributed by atoms with Crippen LogP contribution in [-0.2, 0) is 14.6 Å². The molecule has 2 unspecified atom stereocenters. The molecule has 4 nitrogen and oxygen atoms in total. The minimum absolute atomic E-state index is 0.0472. The van der Waals surface area contributed by atoms with Gasteiger partial charge in [0.05, 0.1) is 16.9 Å². The van der Waals surface area contributed by atoms with Crippen LogP contribution < -0.4 is 0 Å². The Labute approximate surface area is 97.0 Å². The molecule has 0 bridgehead atoms. The molecule has 1 rings (SSSR count). The van der Waals surface area contributed by atoms with Crippen LogP contribution in [-0.4, -0.2) is 30.5 Å². The normalized spacial score (nSPS) is 26.2. The molecule has 0 amide bonds. The van der Waals surface area contributed by atoms with Crippen LogP contribution in [0.15, 0.2) is 0 Å². The second kappa shape index (κ2) is 5.17. The van der Waals surface area contributed by atoms with Crippen molar-refractivity contribution in [2.45, 2.75) is 44.8 Å². The minimum Gasteiger partial charge on any atom is -0.481 e. The quantitative estimate of drug-likeness (QED) is 0.803. The van der Waals surface area contributed by atoms with Gasteiger partial charge in [-0.1, -0.05) is 6.42 Å². The van der Waals surface area contributed by atoms with Crippen molar-refractivity contribution < 1.29 is 18.3 Å². The predicted molar refractivity (Wildman–Crippen MR) is 62.0 cm³/mol. The molecule has 1 fully saturated rings. The summed E-state index contributed by atoms with van der Waals surface area (Å²) in [6, 6.07) is 0. The lowest BCUT2D eigenvalue weighted by Gasteiger charge is -2.16. The van der Waals surface area contributed by atoms with Crippen molar-refractivity contribution in [3.05, 3.63) is 0 Å². The lowest BCUT2D eigenvalue weighted by Crippen LogP contribution is -2.24. The summed E-state index contributed by atoms with van der Waals surface area (Å²) in [6.07, 6.45) is 2.95. The maximum Gasteiger partial charge on any atom is 0.306 e. The van der Waals surface area contributed by atoms with Gasteiger partial charge in [-0.05, 0) is 39.0 Å². The first-order chi connectivity index (χ1) is 7.34. The lowest BCUT2D eigenvalue weighted by molar-refractivity contribution is -0.142. The standard InChI is InChI=1S/C11H20O4S/c1-8(2)16(14,15)7-6-9-4-3-5-10(9)11(12)13/h8-10H,3-7H2,1-2H3,(H,12,13). The van der Waals surface area contributed by atoms with Crippen molar-refractivity contribution in [3.8, 4) is 0 Å². The van der Waals surface area contributed by atoms with Gasteiger partial charge in [-0.3, -0.25) is 4.79 Å². The van der Waals surface area contributed by atoms with Gasteiger partial charge >= 0.3 is 5.97 Å². The predicted octanol–water partition coefficient (Wildman–Crippen LogP) is 1.70. The fraction of sp³-hybridized carbons (Fsp3) is 0.909. The Balaban J connectivity index is 2.53. The van der Waals surface area contributed by atoms with E-state index in [1.807, 2.05) is 0 Å². The van der Waals surface area contributed by atoms with Crippen LogP contribution in [0.2, 0.25) is 0 Å². The average Bonchev–Trinajstić information content (AvgIpc) is 2.62. The molecule has 0 aromatic rings. The number of carboxylic acids is 1. The van der Waals surface area contributed by atoms with E-state index in [1.165, 1.54) is 0 Å². The van der Waals surface area contributed by atoms with Crippen LogP contribution in [0.5, 0.6) is 0 Å². The highest BCUT2D eigenvalue weighted by Gasteiger charge is 2.33. The highest BCUT2D eigenvalue weighted by molar-refractivity contribution is 7.91. The van der Waals surface area contributed by atoms with Gasteiger partial charge in [0, 0.05) is 0 Å². The third-order valence-corrected chi connectivity index (χ3v) is 5.71. The summed E-state index contributed by atoms with van der Waals surface area (Å²) in [7, 11) is -3.03. The largest absolute Gasteiger partial charge is 0.481 e. The van der Waals surface area contributed by atoms with Gasteiger partial charge in [0.1, 0.15) is 0 Å². The minimum atomic E-state index is -3.03. The topological polar surface area (TPSA) is 71.4 Å². The van der Waals surface area contributed by atoms with E-state index in [2.05, 4.69) is 0 Å². The Morgan fingerprint density at radius 3 is 2.50 bits per heavy atom. The summed E-state index contributed by atoms with van der Waals surface area (Å²) in [5.41, 5.74) is 0. The van der Waals surface area contributed by atoms with E-state index >= 15 is 0 Å². The smallest absolute Gasteiger partial charge is 0.306 e. The maximum absolute atomic E-state index is 11.6. The molecule has 0 aliphatic heterocycles. The van der Waals surface area contributed by atoms with Gasteiger partial charge < -0.3 is 5.11 Å². The van der Waals surface area contributed by atoms with E-state index in [1.54, 1.807) is 13.8 Å². The van der Waals surface area contributed by atoms with Crippen LogP contribution in [0.1, 0.15) is 39.5 Å². The Kier molecular flexibility index (Phi) is 4.35. The lowest BCUT2D eigenvalue weighted by atomic mass is 9.94. The summed E-state index contributed by atoms with van der Waals surface area (Å²) in [5.74, 6) is -0.933. The van der Waals surface area contributed by atoms with E-state index in [0.29, 0.717) is 12.8 Å². The Morgan fingerprint density at radius 1 is 1.38 bits per heavy atom. The summed E-state index contributed by atoms with van der Waals surface area (Å²) < 4.78 is 23.2. The second-order valence-corrected chi connectivity index (χ2v) is 7.52. The third kappa shape index (κ3) is 3.20. The highest BCUT2D eigenvalue weighted by atomic mass is 32.2. The molecule has 0 saturated heterocycles. The van der Waals surface area contributed by atoms with Gasteiger partial charge in [0.25, 0.3) is 0 Å². The van der Waals surface area contributed by atoms with Crippen LogP contribution in [0.4, 0.5) is 0 Å². The number of hydrogen-bond acceptors (Lipinski definition) is 3. The van der Waals surface area contributed by atoms with Crippen molar-refractivity contribution in [2.75, 3.05) is 5.75 Å². The number of rotatable bonds is 5. The van der Waals surface area contributed by atoms with E-state index in [-0.39, 0.29) is 22.8 Å². The summed E-state index contributed by atoms with van der Waals surface area (Å²) in [5, 5.41) is 8.61. The van der Waals surface area contributed by atoms with Crippen LogP contribution in [0.3, 0.4) is 0 Å². The third-order valence-electron chi connectivity index (χ3n) is 3.47. The molecular formula is C11H20O4S. The number of carbonyl (C=O) groups is 1. The molecule has 1 aliphatic carbocycles. The van der Waals surface area contributed by atoms with Crippen molar-refractivity contribution in [2.24, 2.45) is 11.8 Å². The van der Waals surface area contributed by atoms with Gasteiger partial charge in [0.15, 0.2) is 9.84 Å². The molecule has 1 saturated carbocycles. The summed E-state index contributed by atoms with van der Waals surface area (Å²) in [4.78, 5) is 10.9. The first kappa shape index (κ1) is 13.5. The molecule has 2 atom stereocenters. The van der Waals surface area contributed by atoms with Crippen molar-refractivity contribution >= 4 is 15.8 Å². The Bertz CT molecular complexity index is 345. The molecule has 16 heavy (non-hydrogen) atoms. The fourth-order valence-corrected chi connectivity index (χ4v) is 3.36. The molecule has 0 heterocycles. The van der Waals surface area contributed by atoms with Crippen LogP contribution in [0, 0.1) is 11.8 Å². The molecular weight excluding hydrogens is 228 g/mol. The van der Waals surface area contributed by atoms with Crippen LogP contribution >= 0.6 is 0 Å². The zero-order valence-electron chi connectivity index (χ0n) is 9.85. The van der Waals surface area contributed by atoms with Crippen molar-refractivity contribution in [1.82, 2.24) is 0 Å². The summed E-state index contributed by atoms with van der Waals surface area (Å²) in [6.45, 7) is 3.33. The molecule has 0 radical (unpaired) electrons. The Morgan fingerprint density at radius 2 is 2.00 bits per heavy atom. The Hall–Kier alpha value is -0.580. The SMILES string of the molecule is CC(C)S(=O)(=O)CCC1CCCC1C(=O)O. The first-order valence-corrected chi connectivity index (χ1v) is 7.50. The van der Waals surface area contributed by atoms with E-state index < -0.39 is 15.8 Å².